The number of allylic oxidation sites excluding steroid dienone is 2. The van der Waals surface area contributed by atoms with Crippen LogP contribution in [0.4, 0.5) is 4.32 Å². The van der Waals surface area contributed by atoms with E-state index in [1.807, 2.05) is 20.3 Å². The number of rotatable bonds is 5. The van der Waals surface area contributed by atoms with Crippen molar-refractivity contribution in [3.8, 4) is 22.4 Å². The molecule has 0 spiro atoms. The van der Waals surface area contributed by atoms with Gasteiger partial charge in [0.1, 0.15) is 0 Å². The van der Waals surface area contributed by atoms with E-state index < -0.39 is 7.26 Å². The number of halogens is 1. The number of hydrogen-bond acceptors (Lipinski definition) is 1. The largest absolute Gasteiger partial charge is 0.847 e. The lowest BCUT2D eigenvalue weighted by molar-refractivity contribution is -0.332. The van der Waals surface area contributed by atoms with Crippen LogP contribution in [0.25, 0.3) is 53.7 Å². The van der Waals surface area contributed by atoms with E-state index in [9.17, 15) is 0 Å². The third-order valence-electron chi connectivity index (χ3n) is 13.9. The number of fused-ring (bicyclic) bond motifs is 5. The zero-order valence-electron chi connectivity index (χ0n) is 40.7. The van der Waals surface area contributed by atoms with Crippen LogP contribution in [-0.4, -0.2) is 21.9 Å². The number of benzene rings is 6. The molecule has 0 atom stereocenters. The van der Waals surface area contributed by atoms with Crippen LogP contribution in [0.15, 0.2) is 157 Å². The topological polar surface area (TPSA) is 7.94 Å². The number of nitrogens with zero attached hydrogens (tertiary/aromatic N) is 2. The molecule has 0 radical (unpaired) electrons. The second-order valence-electron chi connectivity index (χ2n) is 22.6. The number of aromatic nitrogens is 1. The molecular formula is C61H61BFN2S+. The Hall–Kier alpha value is -6.04. The molecule has 2 aromatic heterocycles. The standard InChI is InChI=1S/C61H61BFN2S/c1-58(2,3)43-26-17-38(18-27-43)48-36-51(40-21-30-45(31-22-40)60(7,8)9)64-56(48)55(42-25-34-54-50(35-42)47-15-13-14-16-53(47)66-54)57-49(39-19-28-44(29-20-39)59(4,5)6)37-52(65(57)62(64)63)41-23-32-46(33-24-41)61(10,11)12/h13-37H,1-12H3/q+1. The second kappa shape index (κ2) is 15.5. The molecule has 330 valence electrons. The molecule has 2 nitrogen and oxygen atoms in total. The Kier molecular flexibility index (Phi) is 10.3. The van der Waals surface area contributed by atoms with Gasteiger partial charge in [0.15, 0.2) is 5.71 Å². The van der Waals surface area contributed by atoms with Crippen molar-refractivity contribution in [3.63, 3.8) is 0 Å². The Bertz CT molecular complexity index is 3290. The zero-order chi connectivity index (χ0) is 46.7. The maximum atomic E-state index is 19.1. The van der Waals surface area contributed by atoms with Crippen molar-refractivity contribution in [3.05, 3.63) is 202 Å². The quantitative estimate of drug-likeness (QED) is 0.152. The van der Waals surface area contributed by atoms with E-state index >= 15 is 4.32 Å². The van der Waals surface area contributed by atoms with Gasteiger partial charge in [-0.05, 0) is 103 Å². The van der Waals surface area contributed by atoms with Gasteiger partial charge in [-0.1, -0.05) is 192 Å². The van der Waals surface area contributed by atoms with E-state index in [-0.39, 0.29) is 21.7 Å². The molecule has 4 heterocycles. The number of thiophene rings is 1. The van der Waals surface area contributed by atoms with Crippen molar-refractivity contribution in [1.82, 2.24) is 4.48 Å². The van der Waals surface area contributed by atoms with E-state index in [1.54, 1.807) is 0 Å². The summed E-state index contributed by atoms with van der Waals surface area (Å²) in [4.78, 5) is 0. The van der Waals surface area contributed by atoms with Crippen molar-refractivity contribution in [2.75, 3.05) is 0 Å². The molecule has 66 heavy (non-hydrogen) atoms. The van der Waals surface area contributed by atoms with Gasteiger partial charge in [0.2, 0.25) is 5.70 Å². The summed E-state index contributed by atoms with van der Waals surface area (Å²) in [7, 11) is -1.57. The normalized spacial score (nSPS) is 14.7. The summed E-state index contributed by atoms with van der Waals surface area (Å²) in [5.41, 5.74) is 16.5. The van der Waals surface area contributed by atoms with Gasteiger partial charge in [-0.2, -0.15) is 0 Å². The molecule has 0 saturated heterocycles. The van der Waals surface area contributed by atoms with Gasteiger partial charge < -0.3 is 0 Å². The van der Waals surface area contributed by atoms with Gasteiger partial charge in [0.05, 0.1) is 16.8 Å². The lowest BCUT2D eigenvalue weighted by Gasteiger charge is -2.25. The van der Waals surface area contributed by atoms with Crippen molar-refractivity contribution < 1.29 is 8.80 Å². The van der Waals surface area contributed by atoms with Gasteiger partial charge in [-0.3, -0.25) is 4.48 Å². The highest BCUT2D eigenvalue weighted by molar-refractivity contribution is 7.25. The maximum absolute atomic E-state index is 19.1. The maximum Gasteiger partial charge on any atom is 0.847 e. The smallest absolute Gasteiger partial charge is 0.285 e. The van der Waals surface area contributed by atoms with Gasteiger partial charge >= 0.3 is 7.26 Å². The Morgan fingerprint density at radius 1 is 0.470 bits per heavy atom. The van der Waals surface area contributed by atoms with Crippen LogP contribution in [0.5, 0.6) is 0 Å². The summed E-state index contributed by atoms with van der Waals surface area (Å²) in [5.74, 6) is 0. The SMILES string of the molecule is CC(C)(C)c1ccc(C2=CC(c3ccc(C(C)(C)C)cc3)=[N+]3B(F)n4c(-c5ccc(C(C)(C)C)cc5)cc(-c5ccc(C(C)(C)C)cc5)c4C(c4ccc5sc6ccccc6c5c4)=C23)cc1. The molecule has 6 aromatic carbocycles. The van der Waals surface area contributed by atoms with Crippen molar-refractivity contribution in [2.24, 2.45) is 0 Å². The summed E-state index contributed by atoms with van der Waals surface area (Å²) < 4.78 is 25.6. The van der Waals surface area contributed by atoms with Crippen molar-refractivity contribution >= 4 is 55.6 Å². The molecule has 0 fully saturated rings. The summed E-state index contributed by atoms with van der Waals surface area (Å²) in [5, 5.41) is 2.45. The van der Waals surface area contributed by atoms with Crippen LogP contribution in [0.3, 0.4) is 0 Å². The Morgan fingerprint density at radius 2 is 0.924 bits per heavy atom. The fourth-order valence-electron chi connectivity index (χ4n) is 9.85. The second-order valence-corrected chi connectivity index (χ2v) is 23.7. The monoisotopic (exact) mass is 883 g/mol. The molecule has 10 rings (SSSR count). The molecule has 2 aliphatic rings. The minimum atomic E-state index is -1.57. The molecule has 0 N–H and O–H groups in total. The predicted octanol–water partition coefficient (Wildman–Crippen LogP) is 16.6. The first-order chi connectivity index (χ1) is 31.2. The molecule has 0 unspecified atom stereocenters. The molecule has 0 saturated carbocycles. The van der Waals surface area contributed by atoms with Crippen LogP contribution in [-0.2, 0) is 21.7 Å². The average Bonchev–Trinajstić information content (AvgIpc) is 3.98. The van der Waals surface area contributed by atoms with Gasteiger partial charge in [0, 0.05) is 43.1 Å². The van der Waals surface area contributed by atoms with E-state index in [2.05, 4.69) is 235 Å². The highest BCUT2D eigenvalue weighted by atomic mass is 32.1. The van der Waals surface area contributed by atoms with Crippen molar-refractivity contribution in [2.45, 2.75) is 105 Å². The first-order valence-electron chi connectivity index (χ1n) is 23.5. The predicted molar refractivity (Wildman–Crippen MR) is 283 cm³/mol. The van der Waals surface area contributed by atoms with Crippen LogP contribution in [0, 0.1) is 0 Å². The summed E-state index contributed by atoms with van der Waals surface area (Å²) in [6.07, 6.45) is 2.25. The van der Waals surface area contributed by atoms with Crippen LogP contribution < -0.4 is 0 Å². The van der Waals surface area contributed by atoms with Gasteiger partial charge in [-0.15, -0.1) is 11.3 Å². The molecule has 8 aromatic rings. The van der Waals surface area contributed by atoms with E-state index in [1.165, 1.54) is 42.4 Å². The van der Waals surface area contributed by atoms with Crippen LogP contribution in [0.1, 0.15) is 128 Å². The highest BCUT2D eigenvalue weighted by Crippen LogP contribution is 2.50. The van der Waals surface area contributed by atoms with E-state index in [4.69, 9.17) is 0 Å². The number of hydrogen-bond donors (Lipinski definition) is 0. The summed E-state index contributed by atoms with van der Waals surface area (Å²) in [6, 6.07) is 53.4. The Morgan fingerprint density at radius 3 is 1.45 bits per heavy atom. The molecule has 0 amide bonds. The van der Waals surface area contributed by atoms with Gasteiger partial charge in [-0.25, -0.2) is 8.80 Å². The molecule has 2 aliphatic heterocycles. The molecular weight excluding hydrogens is 823 g/mol. The average molecular weight is 884 g/mol. The van der Waals surface area contributed by atoms with Gasteiger partial charge in [0.25, 0.3) is 0 Å². The minimum absolute atomic E-state index is 0.0154. The molecule has 5 heteroatoms. The highest BCUT2D eigenvalue weighted by Gasteiger charge is 2.54. The minimum Gasteiger partial charge on any atom is -0.285 e. The first kappa shape index (κ1) is 43.8. The molecule has 0 bridgehead atoms. The summed E-state index contributed by atoms with van der Waals surface area (Å²) >= 11 is 1.82. The lowest BCUT2D eigenvalue weighted by Crippen LogP contribution is -2.41. The lowest BCUT2D eigenvalue weighted by atomic mass is 9.82. The molecule has 0 aliphatic carbocycles. The zero-order valence-corrected chi connectivity index (χ0v) is 41.5. The van der Waals surface area contributed by atoms with Crippen LogP contribution >= 0.6 is 11.3 Å². The summed E-state index contributed by atoms with van der Waals surface area (Å²) in [6.45, 7) is 27.0. The fourth-order valence-corrected chi connectivity index (χ4v) is 10.9. The van der Waals surface area contributed by atoms with E-state index in [0.29, 0.717) is 0 Å². The third kappa shape index (κ3) is 7.54. The van der Waals surface area contributed by atoms with Crippen molar-refractivity contribution in [1.29, 1.82) is 0 Å². The van der Waals surface area contributed by atoms with E-state index in [0.717, 1.165) is 67.3 Å². The third-order valence-corrected chi connectivity index (χ3v) is 15.0. The Labute approximate surface area is 396 Å². The fraction of sp³-hybridized carbons (Fsp3) is 0.262. The first-order valence-corrected chi connectivity index (χ1v) is 24.4. The van der Waals surface area contributed by atoms with Crippen LogP contribution in [0.2, 0.25) is 0 Å². The Balaban J connectivity index is 1.34.